The third kappa shape index (κ3) is 4.07. The zero-order valence-corrected chi connectivity index (χ0v) is 18.0. The average Bonchev–Trinajstić information content (AvgIpc) is 3.01. The number of aromatic nitrogens is 2. The molecule has 1 aliphatic rings. The second-order valence-electron chi connectivity index (χ2n) is 7.61. The van der Waals surface area contributed by atoms with Crippen molar-refractivity contribution in [1.29, 1.82) is 0 Å². The van der Waals surface area contributed by atoms with E-state index in [2.05, 4.69) is 63.4 Å². The van der Waals surface area contributed by atoms with Crippen molar-refractivity contribution in [2.45, 2.75) is 13.1 Å². The fourth-order valence-corrected chi connectivity index (χ4v) is 4.38. The van der Waals surface area contributed by atoms with Crippen molar-refractivity contribution < 1.29 is 9.47 Å². The molecule has 0 fully saturated rings. The number of fused-ring (bicyclic) bond motifs is 2. The van der Waals surface area contributed by atoms with Gasteiger partial charge in [-0.3, -0.25) is 4.90 Å². The monoisotopic (exact) mass is 431 g/mol. The molecule has 4 aromatic rings. The van der Waals surface area contributed by atoms with Crippen molar-refractivity contribution in [3.8, 4) is 22.9 Å². The summed E-state index contributed by atoms with van der Waals surface area (Å²) in [7, 11) is 1.56. The molecule has 3 aromatic carbocycles. The normalized spacial score (nSPS) is 14.0. The van der Waals surface area contributed by atoms with Gasteiger partial charge in [0.25, 0.3) is 0 Å². The summed E-state index contributed by atoms with van der Waals surface area (Å²) in [5.41, 5.74) is 4.38. The van der Waals surface area contributed by atoms with Crippen LogP contribution in [0.2, 0.25) is 5.02 Å². The minimum Gasteiger partial charge on any atom is -0.490 e. The highest BCUT2D eigenvalue weighted by molar-refractivity contribution is 6.32. The van der Waals surface area contributed by atoms with Gasteiger partial charge in [0.15, 0.2) is 0 Å². The van der Waals surface area contributed by atoms with Gasteiger partial charge in [0.2, 0.25) is 0 Å². The van der Waals surface area contributed by atoms with E-state index in [9.17, 15) is 0 Å². The molecule has 0 bridgehead atoms. The molecule has 6 heteroatoms. The van der Waals surface area contributed by atoms with Crippen LogP contribution >= 0.6 is 11.6 Å². The fraction of sp³-hybridized carbons (Fsp3) is 0.200. The molecule has 1 aromatic heterocycles. The third-order valence-corrected chi connectivity index (χ3v) is 5.82. The Labute approximate surface area is 186 Å². The Bertz CT molecular complexity index is 1220. The van der Waals surface area contributed by atoms with Gasteiger partial charge < -0.3 is 9.47 Å². The lowest BCUT2D eigenvalue weighted by Gasteiger charge is -2.19. The molecular weight excluding hydrogens is 410 g/mol. The first-order chi connectivity index (χ1) is 15.2. The number of nitrogens with zero attached hydrogens (tertiary/aromatic N) is 3. The number of methoxy groups -OCH3 is 1. The van der Waals surface area contributed by atoms with Crippen LogP contribution in [0.4, 0.5) is 0 Å². The molecule has 5 nitrogen and oxygen atoms in total. The van der Waals surface area contributed by atoms with Crippen molar-refractivity contribution in [2.24, 2.45) is 0 Å². The van der Waals surface area contributed by atoms with Crippen LogP contribution in [0.15, 0.2) is 67.0 Å². The molecule has 0 atom stereocenters. The maximum Gasteiger partial charge on any atom is 0.316 e. The highest BCUT2D eigenvalue weighted by atomic mass is 35.5. The number of hydrogen-bond acceptors (Lipinski definition) is 5. The number of benzene rings is 3. The molecule has 2 heterocycles. The SMILES string of the molecule is COc1ncc(CN2CCOc3c(Cl)cc(-c4cccc5ccccc45)cc3C2)cn1. The first-order valence-electron chi connectivity index (χ1n) is 10.2. The Morgan fingerprint density at radius 1 is 1.06 bits per heavy atom. The fourth-order valence-electron chi connectivity index (χ4n) is 4.08. The zero-order chi connectivity index (χ0) is 21.2. The first kappa shape index (κ1) is 19.8. The summed E-state index contributed by atoms with van der Waals surface area (Å²) in [4.78, 5) is 10.7. The van der Waals surface area contributed by atoms with Gasteiger partial charge in [0.05, 0.1) is 12.1 Å². The number of rotatable bonds is 4. The number of halogens is 1. The van der Waals surface area contributed by atoms with Crippen LogP contribution in [0.25, 0.3) is 21.9 Å². The smallest absolute Gasteiger partial charge is 0.316 e. The largest absolute Gasteiger partial charge is 0.490 e. The van der Waals surface area contributed by atoms with Crippen molar-refractivity contribution in [1.82, 2.24) is 14.9 Å². The summed E-state index contributed by atoms with van der Waals surface area (Å²) < 4.78 is 11.1. The second-order valence-corrected chi connectivity index (χ2v) is 8.02. The minimum atomic E-state index is 0.375. The van der Waals surface area contributed by atoms with Gasteiger partial charge in [-0.25, -0.2) is 9.97 Å². The van der Waals surface area contributed by atoms with E-state index in [4.69, 9.17) is 21.1 Å². The Morgan fingerprint density at radius 2 is 1.87 bits per heavy atom. The van der Waals surface area contributed by atoms with E-state index < -0.39 is 0 Å². The van der Waals surface area contributed by atoms with E-state index in [1.165, 1.54) is 16.3 Å². The maximum absolute atomic E-state index is 6.68. The average molecular weight is 432 g/mol. The highest BCUT2D eigenvalue weighted by Crippen LogP contribution is 2.38. The van der Waals surface area contributed by atoms with E-state index >= 15 is 0 Å². The molecule has 0 radical (unpaired) electrons. The molecule has 0 amide bonds. The highest BCUT2D eigenvalue weighted by Gasteiger charge is 2.20. The Kier molecular flexibility index (Phi) is 5.45. The van der Waals surface area contributed by atoms with Crippen LogP contribution in [0.3, 0.4) is 0 Å². The lowest BCUT2D eigenvalue weighted by Crippen LogP contribution is -2.25. The van der Waals surface area contributed by atoms with Gasteiger partial charge in [-0.15, -0.1) is 0 Å². The van der Waals surface area contributed by atoms with Crippen molar-refractivity contribution >= 4 is 22.4 Å². The third-order valence-electron chi connectivity index (χ3n) is 5.54. The number of ether oxygens (including phenoxy) is 2. The Balaban J connectivity index is 1.48. The predicted octanol–water partition coefficient (Wildman–Crippen LogP) is 5.35. The van der Waals surface area contributed by atoms with Crippen LogP contribution in [0.5, 0.6) is 11.8 Å². The molecule has 31 heavy (non-hydrogen) atoms. The summed E-state index contributed by atoms with van der Waals surface area (Å²) in [6.07, 6.45) is 3.61. The van der Waals surface area contributed by atoms with E-state index in [-0.39, 0.29) is 0 Å². The lowest BCUT2D eigenvalue weighted by molar-refractivity contribution is 0.219. The molecular formula is C25H22ClN3O2. The van der Waals surface area contributed by atoms with Gasteiger partial charge in [0.1, 0.15) is 12.4 Å². The van der Waals surface area contributed by atoms with E-state index in [1.807, 2.05) is 6.07 Å². The van der Waals surface area contributed by atoms with Crippen LogP contribution in [0, 0.1) is 0 Å². The summed E-state index contributed by atoms with van der Waals surface area (Å²) >= 11 is 6.68. The minimum absolute atomic E-state index is 0.375. The van der Waals surface area contributed by atoms with Crippen molar-refractivity contribution in [2.75, 3.05) is 20.3 Å². The molecule has 1 aliphatic heterocycles. The van der Waals surface area contributed by atoms with Crippen LogP contribution in [-0.4, -0.2) is 35.1 Å². The van der Waals surface area contributed by atoms with E-state index in [0.717, 1.165) is 42.1 Å². The first-order valence-corrected chi connectivity index (χ1v) is 10.6. The second kappa shape index (κ2) is 8.53. The molecule has 5 rings (SSSR count). The standard InChI is InChI=1S/C25H22ClN3O2/c1-30-25-27-13-17(14-28-25)15-29-9-10-31-24-20(16-29)11-19(12-23(24)26)22-8-4-6-18-5-2-3-7-21(18)22/h2-8,11-14H,9-10,15-16H2,1H3. The Hall–Kier alpha value is -3.15. The molecule has 0 N–H and O–H groups in total. The van der Waals surface area contributed by atoms with E-state index in [1.54, 1.807) is 19.5 Å². The summed E-state index contributed by atoms with van der Waals surface area (Å²) in [5, 5.41) is 3.07. The van der Waals surface area contributed by atoms with Crippen molar-refractivity contribution in [3.63, 3.8) is 0 Å². The van der Waals surface area contributed by atoms with E-state index in [0.29, 0.717) is 17.6 Å². The van der Waals surface area contributed by atoms with Crippen LogP contribution in [0.1, 0.15) is 11.1 Å². The summed E-state index contributed by atoms with van der Waals surface area (Å²) in [6.45, 7) is 2.83. The predicted molar refractivity (Wildman–Crippen MR) is 123 cm³/mol. The summed E-state index contributed by atoms with van der Waals surface area (Å²) in [5.74, 6) is 0.777. The van der Waals surface area contributed by atoms with Crippen LogP contribution < -0.4 is 9.47 Å². The van der Waals surface area contributed by atoms with Crippen LogP contribution in [-0.2, 0) is 13.1 Å². The molecule has 0 unspecified atom stereocenters. The van der Waals surface area contributed by atoms with Gasteiger partial charge in [-0.1, -0.05) is 54.1 Å². The Morgan fingerprint density at radius 3 is 2.71 bits per heavy atom. The molecule has 156 valence electrons. The zero-order valence-electron chi connectivity index (χ0n) is 17.2. The molecule has 0 spiro atoms. The molecule has 0 saturated carbocycles. The van der Waals surface area contributed by atoms with Gasteiger partial charge in [-0.05, 0) is 34.0 Å². The maximum atomic E-state index is 6.68. The van der Waals surface area contributed by atoms with Gasteiger partial charge >= 0.3 is 6.01 Å². The topological polar surface area (TPSA) is 47.5 Å². The quantitative estimate of drug-likeness (QED) is 0.435. The number of hydrogen-bond donors (Lipinski definition) is 0. The molecule has 0 saturated heterocycles. The molecule has 0 aliphatic carbocycles. The van der Waals surface area contributed by atoms with Gasteiger partial charge in [0, 0.05) is 43.2 Å². The lowest BCUT2D eigenvalue weighted by atomic mass is 9.96. The van der Waals surface area contributed by atoms with Crippen molar-refractivity contribution in [3.05, 3.63) is 83.1 Å². The van der Waals surface area contributed by atoms with Gasteiger partial charge in [-0.2, -0.15) is 0 Å². The summed E-state index contributed by atoms with van der Waals surface area (Å²) in [6, 6.07) is 19.4.